The zero-order valence-corrected chi connectivity index (χ0v) is 10.6. The minimum absolute atomic E-state index is 0.121. The first-order valence-electron chi connectivity index (χ1n) is 6.26. The lowest BCUT2D eigenvalue weighted by Crippen LogP contribution is -2.34. The van der Waals surface area contributed by atoms with Crippen LogP contribution in [0.5, 0.6) is 0 Å². The Morgan fingerprint density at radius 1 is 1.63 bits per heavy atom. The second-order valence-electron chi connectivity index (χ2n) is 4.68. The Kier molecular flexibility index (Phi) is 4.04. The van der Waals surface area contributed by atoms with Gasteiger partial charge in [0.25, 0.3) is 0 Å². The number of carboxylic acid groups (broad SMARTS) is 1. The molecule has 2 atom stereocenters. The molecule has 2 aliphatic rings. The number of fused-ring (bicyclic) bond motifs is 1. The Hall–Kier alpha value is -2.04. The first-order valence-corrected chi connectivity index (χ1v) is 6.26. The Bertz CT molecular complexity index is 452. The zero-order valence-electron chi connectivity index (χ0n) is 10.6. The molecule has 0 aromatic rings. The van der Waals surface area contributed by atoms with Crippen LogP contribution in [0.2, 0.25) is 0 Å². The first kappa shape index (κ1) is 13.4. The van der Waals surface area contributed by atoms with Crippen LogP contribution in [-0.2, 0) is 9.53 Å². The minimum atomic E-state index is -0.989. The molecular weight excluding hydrogens is 246 g/mol. The maximum atomic E-state index is 12.2. The lowest BCUT2D eigenvalue weighted by Gasteiger charge is -2.24. The molecular formula is C14H17NO4. The summed E-state index contributed by atoms with van der Waals surface area (Å²) in [5.74, 6) is -0.279. The number of ketones is 1. The summed E-state index contributed by atoms with van der Waals surface area (Å²) in [6.45, 7) is 4.54. The van der Waals surface area contributed by atoms with Gasteiger partial charge < -0.3 is 14.7 Å². The van der Waals surface area contributed by atoms with Gasteiger partial charge in [-0.3, -0.25) is 4.79 Å². The summed E-state index contributed by atoms with van der Waals surface area (Å²) in [5.41, 5.74) is 0.919. The molecule has 0 fully saturated rings. The van der Waals surface area contributed by atoms with Crippen LogP contribution in [0.15, 0.2) is 36.6 Å². The van der Waals surface area contributed by atoms with Crippen LogP contribution in [0, 0.1) is 11.8 Å². The number of hydrogen-bond donors (Lipinski definition) is 1. The molecule has 2 rings (SSSR count). The number of amides is 1. The Balaban J connectivity index is 1.94. The van der Waals surface area contributed by atoms with Gasteiger partial charge in [-0.15, -0.1) is 6.58 Å². The molecule has 5 nitrogen and oxygen atoms in total. The monoisotopic (exact) mass is 263 g/mol. The van der Waals surface area contributed by atoms with Crippen molar-refractivity contribution in [1.29, 1.82) is 0 Å². The van der Waals surface area contributed by atoms with E-state index >= 15 is 0 Å². The van der Waals surface area contributed by atoms with Gasteiger partial charge in [0.1, 0.15) is 6.61 Å². The van der Waals surface area contributed by atoms with Gasteiger partial charge in [-0.05, 0) is 6.42 Å². The number of ether oxygens (including phenoxy) is 1. The summed E-state index contributed by atoms with van der Waals surface area (Å²) >= 11 is 0. The van der Waals surface area contributed by atoms with E-state index in [1.165, 1.54) is 11.0 Å². The van der Waals surface area contributed by atoms with Crippen LogP contribution >= 0.6 is 0 Å². The van der Waals surface area contributed by atoms with Crippen molar-refractivity contribution in [1.82, 2.24) is 4.90 Å². The van der Waals surface area contributed by atoms with Gasteiger partial charge in [0.2, 0.25) is 0 Å². The number of allylic oxidation sites excluding steroid dienone is 2. The highest BCUT2D eigenvalue weighted by Gasteiger charge is 2.34. The highest BCUT2D eigenvalue weighted by atomic mass is 16.5. The highest BCUT2D eigenvalue weighted by molar-refractivity contribution is 5.90. The molecule has 1 amide bonds. The van der Waals surface area contributed by atoms with Crippen molar-refractivity contribution in [3.8, 4) is 0 Å². The highest BCUT2D eigenvalue weighted by Crippen LogP contribution is 2.30. The van der Waals surface area contributed by atoms with Gasteiger partial charge in [-0.1, -0.05) is 18.2 Å². The number of hydrogen-bond acceptors (Lipinski definition) is 3. The predicted molar refractivity (Wildman–Crippen MR) is 69.6 cm³/mol. The van der Waals surface area contributed by atoms with Crippen LogP contribution in [0.1, 0.15) is 6.42 Å². The van der Waals surface area contributed by atoms with Gasteiger partial charge >= 0.3 is 6.09 Å². The molecule has 1 heterocycles. The van der Waals surface area contributed by atoms with E-state index in [2.05, 4.69) is 6.58 Å². The normalized spacial score (nSPS) is 24.4. The number of carbonyl (C=O) groups excluding carboxylic acids is 1. The lowest BCUT2D eigenvalue weighted by molar-refractivity contribution is -0.125. The molecule has 0 radical (unpaired) electrons. The number of rotatable bonds is 5. The molecule has 1 aliphatic heterocycles. The molecule has 0 saturated heterocycles. The van der Waals surface area contributed by atoms with E-state index in [4.69, 9.17) is 9.84 Å². The summed E-state index contributed by atoms with van der Waals surface area (Å²) in [4.78, 5) is 24.4. The zero-order chi connectivity index (χ0) is 13.8. The van der Waals surface area contributed by atoms with E-state index < -0.39 is 6.09 Å². The predicted octanol–water partition coefficient (Wildman–Crippen LogP) is 1.83. The van der Waals surface area contributed by atoms with Crippen molar-refractivity contribution >= 4 is 11.9 Å². The van der Waals surface area contributed by atoms with E-state index in [0.717, 1.165) is 5.57 Å². The standard InChI is InChI=1S/C14H17NO4/c1-2-6-15(14(17)18)7-5-10-3-4-11-8-19-9-12(11)13(10)16/h2-4,8,10,12H,1,5-7,9H2,(H,17,18). The number of carbonyl (C=O) groups is 2. The largest absolute Gasteiger partial charge is 0.500 e. The third-order valence-electron chi connectivity index (χ3n) is 3.44. The van der Waals surface area contributed by atoms with Crippen molar-refractivity contribution in [2.75, 3.05) is 19.7 Å². The molecule has 5 heteroatoms. The lowest BCUT2D eigenvalue weighted by atomic mass is 9.82. The Labute approximate surface area is 111 Å². The van der Waals surface area contributed by atoms with Gasteiger partial charge in [0.05, 0.1) is 12.2 Å². The average molecular weight is 263 g/mol. The van der Waals surface area contributed by atoms with Crippen LogP contribution in [0.4, 0.5) is 4.79 Å². The molecule has 102 valence electrons. The van der Waals surface area contributed by atoms with E-state index in [1.807, 2.05) is 12.2 Å². The molecule has 2 unspecified atom stereocenters. The van der Waals surface area contributed by atoms with Crippen molar-refractivity contribution in [2.45, 2.75) is 6.42 Å². The molecule has 0 aromatic carbocycles. The fraction of sp³-hybridized carbons (Fsp3) is 0.429. The van der Waals surface area contributed by atoms with Gasteiger partial charge in [0, 0.05) is 24.6 Å². The number of Topliss-reactive ketones (excluding diaryl/α,β-unsaturated/α-hetero) is 1. The average Bonchev–Trinajstić information content (AvgIpc) is 2.85. The van der Waals surface area contributed by atoms with Crippen LogP contribution in [0.3, 0.4) is 0 Å². The second-order valence-corrected chi connectivity index (χ2v) is 4.68. The van der Waals surface area contributed by atoms with Crippen molar-refractivity contribution in [2.24, 2.45) is 11.8 Å². The van der Waals surface area contributed by atoms with Crippen molar-refractivity contribution < 1.29 is 19.4 Å². The molecule has 1 N–H and O–H groups in total. The fourth-order valence-corrected chi connectivity index (χ4v) is 2.36. The molecule has 0 bridgehead atoms. The number of nitrogens with zero attached hydrogens (tertiary/aromatic N) is 1. The molecule has 0 aromatic heterocycles. The maximum absolute atomic E-state index is 12.2. The molecule has 0 spiro atoms. The SMILES string of the molecule is C=CCN(CCC1C=CC2=COCC2C1=O)C(=O)O. The topological polar surface area (TPSA) is 66.8 Å². The van der Waals surface area contributed by atoms with E-state index in [1.54, 1.807) is 6.26 Å². The van der Waals surface area contributed by atoms with Crippen molar-refractivity contribution in [3.63, 3.8) is 0 Å². The van der Waals surface area contributed by atoms with Gasteiger partial charge in [0.15, 0.2) is 5.78 Å². The van der Waals surface area contributed by atoms with Crippen molar-refractivity contribution in [3.05, 3.63) is 36.6 Å². The summed E-state index contributed by atoms with van der Waals surface area (Å²) < 4.78 is 5.16. The molecule has 19 heavy (non-hydrogen) atoms. The van der Waals surface area contributed by atoms with Crippen LogP contribution in [0.25, 0.3) is 0 Å². The van der Waals surface area contributed by atoms with E-state index in [0.29, 0.717) is 19.6 Å². The molecule has 0 saturated carbocycles. The fourth-order valence-electron chi connectivity index (χ4n) is 2.36. The van der Waals surface area contributed by atoms with Crippen LogP contribution < -0.4 is 0 Å². The second kappa shape index (κ2) is 5.73. The first-order chi connectivity index (χ1) is 9.13. The summed E-state index contributed by atoms with van der Waals surface area (Å²) in [6.07, 6.45) is 6.42. The third kappa shape index (κ3) is 2.86. The van der Waals surface area contributed by atoms with E-state index in [9.17, 15) is 9.59 Å². The quantitative estimate of drug-likeness (QED) is 0.768. The smallest absolute Gasteiger partial charge is 0.407 e. The Morgan fingerprint density at radius 3 is 3.11 bits per heavy atom. The van der Waals surface area contributed by atoms with Crippen LogP contribution in [-0.4, -0.2) is 41.6 Å². The molecule has 1 aliphatic carbocycles. The van der Waals surface area contributed by atoms with Gasteiger partial charge in [-0.2, -0.15) is 0 Å². The third-order valence-corrected chi connectivity index (χ3v) is 3.44. The summed E-state index contributed by atoms with van der Waals surface area (Å²) in [7, 11) is 0. The summed E-state index contributed by atoms with van der Waals surface area (Å²) in [6, 6.07) is 0. The Morgan fingerprint density at radius 2 is 2.42 bits per heavy atom. The van der Waals surface area contributed by atoms with Gasteiger partial charge in [-0.25, -0.2) is 4.79 Å². The minimum Gasteiger partial charge on any atom is -0.500 e. The van der Waals surface area contributed by atoms with E-state index in [-0.39, 0.29) is 24.2 Å². The maximum Gasteiger partial charge on any atom is 0.407 e. The summed E-state index contributed by atoms with van der Waals surface area (Å²) in [5, 5.41) is 9.00.